The maximum absolute atomic E-state index is 12.5. The topological polar surface area (TPSA) is 72.2 Å². The number of aryl methyl sites for hydroxylation is 1. The molecule has 19 heavy (non-hydrogen) atoms. The Hall–Kier alpha value is -0.910. The molecule has 1 aromatic rings. The molecule has 0 unspecified atom stereocenters. The minimum atomic E-state index is -3.53. The van der Waals surface area contributed by atoms with E-state index in [1.165, 1.54) is 0 Å². The fourth-order valence-electron chi connectivity index (χ4n) is 2.12. The van der Waals surface area contributed by atoms with E-state index in [1.807, 2.05) is 32.9 Å². The normalized spacial score (nSPS) is 12.6. The highest BCUT2D eigenvalue weighted by atomic mass is 32.2. The minimum Gasteiger partial charge on any atom is -0.329 e. The second kappa shape index (κ2) is 6.50. The summed E-state index contributed by atoms with van der Waals surface area (Å²) < 4.78 is 27.9. The zero-order chi connectivity index (χ0) is 14.5. The SMILES string of the molecule is CCc1ccccc1S(=O)(=O)NC(CC)(CC)CN. The smallest absolute Gasteiger partial charge is 0.241 e. The number of nitrogens with one attached hydrogen (secondary N) is 1. The van der Waals surface area contributed by atoms with E-state index in [0.717, 1.165) is 5.56 Å². The van der Waals surface area contributed by atoms with Crippen molar-refractivity contribution in [1.29, 1.82) is 0 Å². The monoisotopic (exact) mass is 284 g/mol. The standard InChI is InChI=1S/C14H24N2O2S/c1-4-12-9-7-8-10-13(12)19(17,18)16-14(5-2,6-3)11-15/h7-10,16H,4-6,11,15H2,1-3H3. The highest BCUT2D eigenvalue weighted by Gasteiger charge is 2.31. The van der Waals surface area contributed by atoms with E-state index in [-0.39, 0.29) is 0 Å². The maximum Gasteiger partial charge on any atom is 0.241 e. The molecule has 0 aliphatic heterocycles. The van der Waals surface area contributed by atoms with E-state index in [2.05, 4.69) is 4.72 Å². The molecule has 1 rings (SSSR count). The lowest BCUT2D eigenvalue weighted by molar-refractivity contribution is 0.363. The zero-order valence-corrected chi connectivity index (χ0v) is 12.8. The fraction of sp³-hybridized carbons (Fsp3) is 0.571. The average molecular weight is 284 g/mol. The van der Waals surface area contributed by atoms with E-state index in [9.17, 15) is 8.42 Å². The predicted octanol–water partition coefficient (Wildman–Crippen LogP) is 2.04. The molecule has 0 atom stereocenters. The number of hydrogen-bond donors (Lipinski definition) is 2. The molecule has 0 amide bonds. The summed E-state index contributed by atoms with van der Waals surface area (Å²) in [5, 5.41) is 0. The van der Waals surface area contributed by atoms with Crippen molar-refractivity contribution in [2.75, 3.05) is 6.54 Å². The van der Waals surface area contributed by atoms with Crippen LogP contribution >= 0.6 is 0 Å². The van der Waals surface area contributed by atoms with E-state index >= 15 is 0 Å². The third-order valence-electron chi connectivity index (χ3n) is 3.74. The Morgan fingerprint density at radius 1 is 1.16 bits per heavy atom. The van der Waals surface area contributed by atoms with Gasteiger partial charge in [0, 0.05) is 12.1 Å². The highest BCUT2D eigenvalue weighted by Crippen LogP contribution is 2.21. The van der Waals surface area contributed by atoms with Crippen molar-refractivity contribution in [3.05, 3.63) is 29.8 Å². The Morgan fingerprint density at radius 2 is 1.74 bits per heavy atom. The van der Waals surface area contributed by atoms with Crippen LogP contribution in [0, 0.1) is 0 Å². The van der Waals surface area contributed by atoms with Crippen molar-refractivity contribution in [2.24, 2.45) is 5.73 Å². The lowest BCUT2D eigenvalue weighted by Gasteiger charge is -2.31. The molecule has 0 aromatic heterocycles. The van der Waals surface area contributed by atoms with Crippen molar-refractivity contribution in [2.45, 2.75) is 50.5 Å². The molecule has 0 spiro atoms. The Bertz CT molecular complexity index is 500. The van der Waals surface area contributed by atoms with Gasteiger partial charge in [0.15, 0.2) is 0 Å². The van der Waals surface area contributed by atoms with Crippen LogP contribution in [0.2, 0.25) is 0 Å². The highest BCUT2D eigenvalue weighted by molar-refractivity contribution is 7.89. The largest absolute Gasteiger partial charge is 0.329 e. The van der Waals surface area contributed by atoms with Crippen LogP contribution in [0.5, 0.6) is 0 Å². The summed E-state index contributed by atoms with van der Waals surface area (Å²) in [7, 11) is -3.53. The Labute approximate surface area is 116 Å². The first-order valence-corrected chi connectivity index (χ1v) is 8.25. The van der Waals surface area contributed by atoms with Gasteiger partial charge in [0.05, 0.1) is 4.90 Å². The van der Waals surface area contributed by atoms with Gasteiger partial charge < -0.3 is 5.73 Å². The molecule has 3 N–H and O–H groups in total. The van der Waals surface area contributed by atoms with Gasteiger partial charge >= 0.3 is 0 Å². The molecule has 0 aliphatic carbocycles. The predicted molar refractivity (Wildman–Crippen MR) is 78.5 cm³/mol. The number of sulfonamides is 1. The minimum absolute atomic E-state index is 0.299. The molecule has 5 heteroatoms. The first kappa shape index (κ1) is 16.1. The van der Waals surface area contributed by atoms with Crippen LogP contribution in [0.3, 0.4) is 0 Å². The molecule has 0 fully saturated rings. The van der Waals surface area contributed by atoms with Crippen LogP contribution in [-0.4, -0.2) is 20.5 Å². The number of rotatable bonds is 7. The van der Waals surface area contributed by atoms with Gasteiger partial charge in [-0.3, -0.25) is 0 Å². The van der Waals surface area contributed by atoms with E-state index in [4.69, 9.17) is 5.73 Å². The van der Waals surface area contributed by atoms with Crippen LogP contribution < -0.4 is 10.5 Å². The van der Waals surface area contributed by atoms with Crippen LogP contribution in [0.15, 0.2) is 29.2 Å². The third-order valence-corrected chi connectivity index (χ3v) is 5.42. The van der Waals surface area contributed by atoms with Gasteiger partial charge in [0.25, 0.3) is 0 Å². The van der Waals surface area contributed by atoms with E-state index in [1.54, 1.807) is 12.1 Å². The van der Waals surface area contributed by atoms with E-state index < -0.39 is 15.6 Å². The first-order valence-electron chi connectivity index (χ1n) is 6.76. The Morgan fingerprint density at radius 3 is 2.21 bits per heavy atom. The van der Waals surface area contributed by atoms with Gasteiger partial charge in [0.1, 0.15) is 0 Å². The summed E-state index contributed by atoms with van der Waals surface area (Å²) in [4.78, 5) is 0.359. The summed E-state index contributed by atoms with van der Waals surface area (Å²) in [5.41, 5.74) is 6.03. The summed E-state index contributed by atoms with van der Waals surface area (Å²) in [6.07, 6.45) is 2.03. The molecular weight excluding hydrogens is 260 g/mol. The summed E-state index contributed by atoms with van der Waals surface area (Å²) in [6, 6.07) is 7.09. The van der Waals surface area contributed by atoms with Crippen molar-refractivity contribution in [1.82, 2.24) is 4.72 Å². The molecule has 0 saturated carbocycles. The molecule has 1 aromatic carbocycles. The lowest BCUT2D eigenvalue weighted by atomic mass is 9.95. The van der Waals surface area contributed by atoms with Crippen LogP contribution in [0.4, 0.5) is 0 Å². The third kappa shape index (κ3) is 3.55. The van der Waals surface area contributed by atoms with Gasteiger partial charge in [-0.05, 0) is 30.9 Å². The van der Waals surface area contributed by atoms with Gasteiger partial charge in [0.2, 0.25) is 10.0 Å². The van der Waals surface area contributed by atoms with Gasteiger partial charge in [-0.1, -0.05) is 39.0 Å². The zero-order valence-electron chi connectivity index (χ0n) is 11.9. The Balaban J connectivity index is 3.18. The van der Waals surface area contributed by atoms with Crippen molar-refractivity contribution >= 4 is 10.0 Å². The van der Waals surface area contributed by atoms with Gasteiger partial charge in [-0.2, -0.15) is 0 Å². The van der Waals surface area contributed by atoms with Gasteiger partial charge in [-0.15, -0.1) is 0 Å². The fourth-order valence-corrected chi connectivity index (χ4v) is 3.99. The van der Waals surface area contributed by atoms with Crippen LogP contribution in [0.25, 0.3) is 0 Å². The summed E-state index contributed by atoms with van der Waals surface area (Å²) in [5.74, 6) is 0. The Kier molecular flexibility index (Phi) is 5.52. The molecular formula is C14H24N2O2S. The quantitative estimate of drug-likeness (QED) is 0.805. The average Bonchev–Trinajstić information content (AvgIpc) is 2.45. The second-order valence-electron chi connectivity index (χ2n) is 4.76. The molecule has 0 bridgehead atoms. The molecule has 108 valence electrons. The maximum atomic E-state index is 12.5. The molecule has 0 saturated heterocycles. The number of nitrogens with two attached hydrogens (primary N) is 1. The second-order valence-corrected chi connectivity index (χ2v) is 6.41. The molecule has 0 aliphatic rings. The summed E-state index contributed by atoms with van der Waals surface area (Å²) >= 11 is 0. The van der Waals surface area contributed by atoms with Crippen molar-refractivity contribution < 1.29 is 8.42 Å². The van der Waals surface area contributed by atoms with Crippen LogP contribution in [-0.2, 0) is 16.4 Å². The molecule has 0 heterocycles. The molecule has 0 radical (unpaired) electrons. The van der Waals surface area contributed by atoms with Crippen molar-refractivity contribution in [3.8, 4) is 0 Å². The van der Waals surface area contributed by atoms with E-state index in [0.29, 0.717) is 30.7 Å². The molecule has 4 nitrogen and oxygen atoms in total. The van der Waals surface area contributed by atoms with Gasteiger partial charge in [-0.25, -0.2) is 13.1 Å². The number of hydrogen-bond acceptors (Lipinski definition) is 3. The number of benzene rings is 1. The lowest BCUT2D eigenvalue weighted by Crippen LogP contribution is -2.52. The summed E-state index contributed by atoms with van der Waals surface area (Å²) in [6.45, 7) is 6.15. The van der Waals surface area contributed by atoms with Crippen LogP contribution in [0.1, 0.15) is 39.2 Å². The first-order chi connectivity index (χ1) is 8.94. The van der Waals surface area contributed by atoms with Crippen molar-refractivity contribution in [3.63, 3.8) is 0 Å².